The standard InChI is InChI=1S/C15H15N3O2/c1-20-15(19)10-4-7-14(17-9-10)18-13-6-5-12-11(13)3-2-8-16-12/h2-4,7-9,13H,5-6H2,1H3,(H,17,18)/t13-/m0/s1. The van der Waals surface area contributed by atoms with E-state index in [4.69, 9.17) is 0 Å². The zero-order valence-electron chi connectivity index (χ0n) is 11.2. The zero-order valence-corrected chi connectivity index (χ0v) is 11.2. The van der Waals surface area contributed by atoms with E-state index >= 15 is 0 Å². The molecule has 0 fully saturated rings. The maximum atomic E-state index is 11.3. The highest BCUT2D eigenvalue weighted by Crippen LogP contribution is 2.31. The van der Waals surface area contributed by atoms with Gasteiger partial charge in [0.25, 0.3) is 0 Å². The fourth-order valence-electron chi connectivity index (χ4n) is 2.46. The van der Waals surface area contributed by atoms with Crippen LogP contribution in [0.3, 0.4) is 0 Å². The first-order valence-corrected chi connectivity index (χ1v) is 6.52. The smallest absolute Gasteiger partial charge is 0.339 e. The van der Waals surface area contributed by atoms with Crippen molar-refractivity contribution in [1.29, 1.82) is 0 Å². The van der Waals surface area contributed by atoms with Gasteiger partial charge in [-0.2, -0.15) is 0 Å². The Hall–Kier alpha value is -2.43. The minimum Gasteiger partial charge on any atom is -0.465 e. The van der Waals surface area contributed by atoms with Crippen LogP contribution in [-0.2, 0) is 11.2 Å². The summed E-state index contributed by atoms with van der Waals surface area (Å²) >= 11 is 0. The van der Waals surface area contributed by atoms with Crippen molar-refractivity contribution in [2.24, 2.45) is 0 Å². The van der Waals surface area contributed by atoms with Crippen LogP contribution in [0.4, 0.5) is 5.82 Å². The van der Waals surface area contributed by atoms with E-state index in [1.54, 1.807) is 12.1 Å². The molecular formula is C15H15N3O2. The fraction of sp³-hybridized carbons (Fsp3) is 0.267. The molecule has 0 radical (unpaired) electrons. The molecule has 2 heterocycles. The molecule has 0 aliphatic heterocycles. The van der Waals surface area contributed by atoms with Gasteiger partial charge < -0.3 is 10.1 Å². The Morgan fingerprint density at radius 2 is 2.25 bits per heavy atom. The van der Waals surface area contributed by atoms with Gasteiger partial charge in [-0.1, -0.05) is 6.07 Å². The van der Waals surface area contributed by atoms with E-state index in [0.717, 1.165) is 24.4 Å². The molecule has 1 atom stereocenters. The molecule has 102 valence electrons. The van der Waals surface area contributed by atoms with Crippen LogP contribution in [0.15, 0.2) is 36.7 Å². The highest BCUT2D eigenvalue weighted by Gasteiger charge is 2.23. The van der Waals surface area contributed by atoms with E-state index in [1.807, 2.05) is 12.3 Å². The van der Waals surface area contributed by atoms with Crippen molar-refractivity contribution < 1.29 is 9.53 Å². The second-order valence-corrected chi connectivity index (χ2v) is 4.70. The Morgan fingerprint density at radius 1 is 1.35 bits per heavy atom. The number of esters is 1. The van der Waals surface area contributed by atoms with Crippen molar-refractivity contribution in [2.45, 2.75) is 18.9 Å². The fourth-order valence-corrected chi connectivity index (χ4v) is 2.46. The largest absolute Gasteiger partial charge is 0.465 e. The Balaban J connectivity index is 1.75. The maximum absolute atomic E-state index is 11.3. The quantitative estimate of drug-likeness (QED) is 0.867. The van der Waals surface area contributed by atoms with Gasteiger partial charge in [0.2, 0.25) is 0 Å². The average molecular weight is 269 g/mol. The SMILES string of the molecule is COC(=O)c1ccc(N[C@H]2CCc3ncccc32)nc1. The van der Waals surface area contributed by atoms with Crippen molar-refractivity contribution in [3.05, 3.63) is 53.5 Å². The number of pyridine rings is 2. The van der Waals surface area contributed by atoms with Crippen LogP contribution in [0.2, 0.25) is 0 Å². The Morgan fingerprint density at radius 3 is 3.00 bits per heavy atom. The molecule has 3 rings (SSSR count). The topological polar surface area (TPSA) is 64.1 Å². The summed E-state index contributed by atoms with van der Waals surface area (Å²) in [5, 5.41) is 3.38. The number of anilines is 1. The second-order valence-electron chi connectivity index (χ2n) is 4.70. The maximum Gasteiger partial charge on any atom is 0.339 e. The minimum absolute atomic E-state index is 0.232. The first kappa shape index (κ1) is 12.6. The van der Waals surface area contributed by atoms with E-state index in [-0.39, 0.29) is 12.0 Å². The number of hydrogen-bond donors (Lipinski definition) is 1. The van der Waals surface area contributed by atoms with E-state index in [9.17, 15) is 4.79 Å². The molecule has 5 nitrogen and oxygen atoms in total. The zero-order chi connectivity index (χ0) is 13.9. The predicted octanol–water partition coefficient (Wildman–Crippen LogP) is 2.36. The molecule has 1 aliphatic carbocycles. The van der Waals surface area contributed by atoms with Crippen molar-refractivity contribution in [1.82, 2.24) is 9.97 Å². The summed E-state index contributed by atoms with van der Waals surface area (Å²) in [7, 11) is 1.36. The lowest BCUT2D eigenvalue weighted by Gasteiger charge is -2.14. The minimum atomic E-state index is -0.375. The number of nitrogens with one attached hydrogen (secondary N) is 1. The number of aromatic nitrogens is 2. The van der Waals surface area contributed by atoms with Gasteiger partial charge in [0.1, 0.15) is 5.82 Å². The molecule has 0 bridgehead atoms. The summed E-state index contributed by atoms with van der Waals surface area (Å²) in [6, 6.07) is 7.78. The van der Waals surface area contributed by atoms with Crippen LogP contribution < -0.4 is 5.32 Å². The molecule has 0 saturated carbocycles. The summed E-state index contributed by atoms with van der Waals surface area (Å²) in [4.78, 5) is 20.0. The number of carbonyl (C=O) groups is 1. The summed E-state index contributed by atoms with van der Waals surface area (Å²) in [6.45, 7) is 0. The van der Waals surface area contributed by atoms with Crippen LogP contribution in [0.5, 0.6) is 0 Å². The summed E-state index contributed by atoms with van der Waals surface area (Å²) in [6.07, 6.45) is 5.33. The number of nitrogens with zero attached hydrogens (tertiary/aromatic N) is 2. The van der Waals surface area contributed by atoms with Crippen molar-refractivity contribution in [3.63, 3.8) is 0 Å². The molecule has 2 aromatic rings. The van der Waals surface area contributed by atoms with Gasteiger partial charge in [-0.05, 0) is 36.6 Å². The van der Waals surface area contributed by atoms with E-state index in [0.29, 0.717) is 5.56 Å². The predicted molar refractivity (Wildman–Crippen MR) is 74.5 cm³/mol. The first-order chi connectivity index (χ1) is 9.78. The van der Waals surface area contributed by atoms with Crippen molar-refractivity contribution >= 4 is 11.8 Å². The summed E-state index contributed by atoms with van der Waals surface area (Å²) in [5.41, 5.74) is 2.83. The summed E-state index contributed by atoms with van der Waals surface area (Å²) < 4.78 is 4.65. The van der Waals surface area contributed by atoms with Crippen LogP contribution in [0.25, 0.3) is 0 Å². The van der Waals surface area contributed by atoms with E-state index < -0.39 is 0 Å². The molecule has 20 heavy (non-hydrogen) atoms. The first-order valence-electron chi connectivity index (χ1n) is 6.52. The highest BCUT2D eigenvalue weighted by atomic mass is 16.5. The van der Waals surface area contributed by atoms with Crippen LogP contribution in [-0.4, -0.2) is 23.0 Å². The van der Waals surface area contributed by atoms with Crippen LogP contribution >= 0.6 is 0 Å². The normalized spacial score (nSPS) is 16.6. The molecule has 0 amide bonds. The van der Waals surface area contributed by atoms with Crippen LogP contribution in [0, 0.1) is 0 Å². The lowest BCUT2D eigenvalue weighted by Crippen LogP contribution is -2.09. The molecule has 0 saturated heterocycles. The molecule has 5 heteroatoms. The number of carbonyl (C=O) groups excluding carboxylic acids is 1. The molecule has 1 N–H and O–H groups in total. The van der Waals surface area contributed by atoms with Gasteiger partial charge in [-0.25, -0.2) is 9.78 Å². The van der Waals surface area contributed by atoms with Gasteiger partial charge in [0.05, 0.1) is 18.7 Å². The number of hydrogen-bond acceptors (Lipinski definition) is 5. The lowest BCUT2D eigenvalue weighted by molar-refractivity contribution is 0.0600. The van der Waals surface area contributed by atoms with Gasteiger partial charge in [0.15, 0.2) is 0 Å². The average Bonchev–Trinajstić information content (AvgIpc) is 2.91. The van der Waals surface area contributed by atoms with Gasteiger partial charge >= 0.3 is 5.97 Å². The molecule has 0 unspecified atom stereocenters. The number of aryl methyl sites for hydroxylation is 1. The monoisotopic (exact) mass is 269 g/mol. The van der Waals surface area contributed by atoms with Crippen molar-refractivity contribution in [3.8, 4) is 0 Å². The highest BCUT2D eigenvalue weighted by molar-refractivity contribution is 5.89. The van der Waals surface area contributed by atoms with Crippen molar-refractivity contribution in [2.75, 3.05) is 12.4 Å². The number of rotatable bonds is 3. The van der Waals surface area contributed by atoms with Gasteiger partial charge in [0, 0.05) is 18.1 Å². The van der Waals surface area contributed by atoms with Gasteiger partial charge in [-0.15, -0.1) is 0 Å². The summed E-state index contributed by atoms with van der Waals surface area (Å²) in [5.74, 6) is 0.374. The molecule has 2 aromatic heterocycles. The van der Waals surface area contributed by atoms with Gasteiger partial charge in [-0.3, -0.25) is 4.98 Å². The Kier molecular flexibility index (Phi) is 3.33. The molecule has 1 aliphatic rings. The third kappa shape index (κ3) is 2.34. The number of ether oxygens (including phenoxy) is 1. The third-order valence-electron chi connectivity index (χ3n) is 3.48. The lowest BCUT2D eigenvalue weighted by atomic mass is 10.1. The van der Waals surface area contributed by atoms with Crippen LogP contribution in [0.1, 0.15) is 34.1 Å². The number of methoxy groups -OCH3 is 1. The third-order valence-corrected chi connectivity index (χ3v) is 3.48. The molecular weight excluding hydrogens is 254 g/mol. The number of fused-ring (bicyclic) bond motifs is 1. The van der Waals surface area contributed by atoms with E-state index in [1.165, 1.54) is 18.9 Å². The Bertz CT molecular complexity index is 625. The molecule has 0 aromatic carbocycles. The Labute approximate surface area is 117 Å². The van der Waals surface area contributed by atoms with E-state index in [2.05, 4.69) is 26.1 Å². The second kappa shape index (κ2) is 5.28. The molecule has 0 spiro atoms.